The lowest BCUT2D eigenvalue weighted by Crippen LogP contribution is -2.17. The van der Waals surface area contributed by atoms with E-state index in [0.717, 1.165) is 29.9 Å². The molecular weight excluding hydrogens is 324 g/mol. The van der Waals surface area contributed by atoms with Gasteiger partial charge in [0.05, 0.1) is 0 Å². The zero-order valence-electron chi connectivity index (χ0n) is 14.8. The average Bonchev–Trinajstić information content (AvgIpc) is 2.62. The topological polar surface area (TPSA) is 24.1 Å². The van der Waals surface area contributed by atoms with Crippen LogP contribution in [0.3, 0.4) is 0 Å². The van der Waals surface area contributed by atoms with E-state index in [4.69, 9.17) is 0 Å². The predicted octanol–water partition coefficient (Wildman–Crippen LogP) is 4.84. The number of hydrogen-bond acceptors (Lipinski definition) is 3. The van der Waals surface area contributed by atoms with E-state index in [1.54, 1.807) is 6.20 Å². The standard InChI is InChI=1S/C22H26N2S/c1-5-23-18(4)22(25)14-20-12-11-16(2)21(13-20)17(3)24-15-19-9-7-6-8-10-19/h5-13,22-25H,1,3-4,14-15H2,2H3. The fourth-order valence-corrected chi connectivity index (χ4v) is 2.88. The summed E-state index contributed by atoms with van der Waals surface area (Å²) in [5, 5.41) is 6.47. The van der Waals surface area contributed by atoms with Crippen molar-refractivity contribution >= 4 is 18.3 Å². The van der Waals surface area contributed by atoms with E-state index in [1.807, 2.05) is 18.2 Å². The van der Waals surface area contributed by atoms with Crippen molar-refractivity contribution in [2.45, 2.75) is 25.1 Å². The molecule has 0 saturated heterocycles. The molecule has 0 bridgehead atoms. The van der Waals surface area contributed by atoms with Crippen molar-refractivity contribution in [2.24, 2.45) is 0 Å². The van der Waals surface area contributed by atoms with Crippen LogP contribution in [0.5, 0.6) is 0 Å². The van der Waals surface area contributed by atoms with Crippen molar-refractivity contribution in [1.82, 2.24) is 10.6 Å². The van der Waals surface area contributed by atoms with Crippen LogP contribution in [-0.4, -0.2) is 5.25 Å². The predicted molar refractivity (Wildman–Crippen MR) is 112 cm³/mol. The SMILES string of the molecule is C=CNC(=C)C(S)Cc1ccc(C)c(C(=C)NCc2ccccc2)c1. The van der Waals surface area contributed by atoms with Gasteiger partial charge in [0, 0.05) is 28.8 Å². The Labute approximate surface area is 156 Å². The quantitative estimate of drug-likeness (QED) is 0.564. The average molecular weight is 351 g/mol. The van der Waals surface area contributed by atoms with Gasteiger partial charge in [-0.3, -0.25) is 0 Å². The van der Waals surface area contributed by atoms with E-state index in [2.05, 4.69) is 80.3 Å². The first-order valence-electron chi connectivity index (χ1n) is 8.32. The second kappa shape index (κ2) is 9.19. The van der Waals surface area contributed by atoms with Crippen molar-refractivity contribution < 1.29 is 0 Å². The molecule has 2 nitrogen and oxygen atoms in total. The molecule has 1 atom stereocenters. The Morgan fingerprint density at radius 2 is 1.84 bits per heavy atom. The lowest BCUT2D eigenvalue weighted by Gasteiger charge is -2.17. The van der Waals surface area contributed by atoms with Crippen LogP contribution in [-0.2, 0) is 13.0 Å². The minimum absolute atomic E-state index is 0.0269. The maximum Gasteiger partial charge on any atom is 0.0452 e. The smallest absolute Gasteiger partial charge is 0.0452 e. The molecule has 25 heavy (non-hydrogen) atoms. The summed E-state index contributed by atoms with van der Waals surface area (Å²) in [5.41, 5.74) is 6.56. The van der Waals surface area contributed by atoms with E-state index >= 15 is 0 Å². The summed E-state index contributed by atoms with van der Waals surface area (Å²) in [6, 6.07) is 16.8. The van der Waals surface area contributed by atoms with Crippen LogP contribution in [0.25, 0.3) is 5.70 Å². The van der Waals surface area contributed by atoms with Crippen LogP contribution in [0.4, 0.5) is 0 Å². The van der Waals surface area contributed by atoms with Gasteiger partial charge in [-0.25, -0.2) is 0 Å². The zero-order chi connectivity index (χ0) is 18.2. The molecule has 3 heteroatoms. The number of rotatable bonds is 9. The Bertz CT molecular complexity index is 750. The van der Waals surface area contributed by atoms with Gasteiger partial charge in [0.15, 0.2) is 0 Å². The normalized spacial score (nSPS) is 11.4. The molecule has 0 heterocycles. The maximum absolute atomic E-state index is 4.62. The van der Waals surface area contributed by atoms with Gasteiger partial charge < -0.3 is 10.6 Å². The summed E-state index contributed by atoms with van der Waals surface area (Å²) in [6.07, 6.45) is 2.42. The largest absolute Gasteiger partial charge is 0.381 e. The van der Waals surface area contributed by atoms with Crippen molar-refractivity contribution in [3.63, 3.8) is 0 Å². The summed E-state index contributed by atoms with van der Waals surface area (Å²) in [5.74, 6) is 0. The van der Waals surface area contributed by atoms with E-state index in [1.165, 1.54) is 16.7 Å². The third kappa shape index (κ3) is 5.57. The van der Waals surface area contributed by atoms with Gasteiger partial charge in [-0.15, -0.1) is 0 Å². The second-order valence-electron chi connectivity index (χ2n) is 6.06. The molecule has 0 radical (unpaired) electrons. The van der Waals surface area contributed by atoms with Crippen molar-refractivity contribution in [2.75, 3.05) is 0 Å². The molecule has 2 aromatic rings. The molecule has 0 aromatic heterocycles. The molecule has 130 valence electrons. The Morgan fingerprint density at radius 3 is 2.52 bits per heavy atom. The Morgan fingerprint density at radius 1 is 1.12 bits per heavy atom. The van der Waals surface area contributed by atoms with Crippen LogP contribution in [0, 0.1) is 6.92 Å². The molecule has 0 saturated carbocycles. The Balaban J connectivity index is 2.06. The Hall–Kier alpha value is -2.39. The molecule has 0 aliphatic rings. The first-order chi connectivity index (χ1) is 12.0. The number of hydrogen-bond donors (Lipinski definition) is 3. The van der Waals surface area contributed by atoms with Gasteiger partial charge in [-0.1, -0.05) is 62.2 Å². The molecule has 0 amide bonds. The monoisotopic (exact) mass is 350 g/mol. The second-order valence-corrected chi connectivity index (χ2v) is 6.68. The molecule has 2 rings (SSSR count). The molecule has 0 spiro atoms. The highest BCUT2D eigenvalue weighted by molar-refractivity contribution is 7.81. The first kappa shape index (κ1) is 18.9. The lowest BCUT2D eigenvalue weighted by atomic mass is 9.99. The van der Waals surface area contributed by atoms with Crippen LogP contribution < -0.4 is 10.6 Å². The molecule has 2 aromatic carbocycles. The highest BCUT2D eigenvalue weighted by Crippen LogP contribution is 2.21. The maximum atomic E-state index is 4.62. The van der Waals surface area contributed by atoms with Crippen LogP contribution in [0.2, 0.25) is 0 Å². The van der Waals surface area contributed by atoms with Crippen LogP contribution in [0.1, 0.15) is 22.3 Å². The van der Waals surface area contributed by atoms with Gasteiger partial charge in [-0.05, 0) is 42.3 Å². The van der Waals surface area contributed by atoms with Gasteiger partial charge in [0.25, 0.3) is 0 Å². The highest BCUT2D eigenvalue weighted by atomic mass is 32.1. The minimum atomic E-state index is 0.0269. The third-order valence-corrected chi connectivity index (χ3v) is 4.59. The van der Waals surface area contributed by atoms with Gasteiger partial charge >= 0.3 is 0 Å². The summed E-state index contributed by atoms with van der Waals surface area (Å²) < 4.78 is 0. The van der Waals surface area contributed by atoms with E-state index in [9.17, 15) is 0 Å². The van der Waals surface area contributed by atoms with Gasteiger partial charge in [0.1, 0.15) is 0 Å². The minimum Gasteiger partial charge on any atom is -0.381 e. The summed E-state index contributed by atoms with van der Waals surface area (Å²) in [4.78, 5) is 0. The zero-order valence-corrected chi connectivity index (χ0v) is 15.7. The van der Waals surface area contributed by atoms with Crippen LogP contribution >= 0.6 is 12.6 Å². The van der Waals surface area contributed by atoms with E-state index in [0.29, 0.717) is 0 Å². The highest BCUT2D eigenvalue weighted by Gasteiger charge is 2.10. The molecule has 0 fully saturated rings. The third-order valence-electron chi connectivity index (χ3n) is 4.09. The summed E-state index contributed by atoms with van der Waals surface area (Å²) in [7, 11) is 0. The van der Waals surface area contributed by atoms with Crippen LogP contribution in [0.15, 0.2) is 80.2 Å². The molecule has 2 N–H and O–H groups in total. The first-order valence-corrected chi connectivity index (χ1v) is 8.83. The van der Waals surface area contributed by atoms with E-state index < -0.39 is 0 Å². The molecule has 0 aliphatic carbocycles. The summed E-state index contributed by atoms with van der Waals surface area (Å²) >= 11 is 4.62. The number of nitrogens with one attached hydrogen (secondary N) is 2. The number of thiol groups is 1. The fourth-order valence-electron chi connectivity index (χ4n) is 2.59. The van der Waals surface area contributed by atoms with Gasteiger partial charge in [0.2, 0.25) is 0 Å². The van der Waals surface area contributed by atoms with Gasteiger partial charge in [-0.2, -0.15) is 12.6 Å². The number of benzene rings is 2. The Kier molecular flexibility index (Phi) is 6.96. The van der Waals surface area contributed by atoms with Crippen molar-refractivity contribution in [3.05, 3.63) is 102 Å². The number of aryl methyl sites for hydroxylation is 1. The molecular formula is C22H26N2S. The van der Waals surface area contributed by atoms with Crippen molar-refractivity contribution in [1.29, 1.82) is 0 Å². The molecule has 0 aliphatic heterocycles. The van der Waals surface area contributed by atoms with Crippen molar-refractivity contribution in [3.8, 4) is 0 Å². The lowest BCUT2D eigenvalue weighted by molar-refractivity contribution is 0.881. The molecule has 1 unspecified atom stereocenters. The summed E-state index contributed by atoms with van der Waals surface area (Å²) in [6.45, 7) is 14.7. The fraction of sp³-hybridized carbons (Fsp3) is 0.182. The van der Waals surface area contributed by atoms with E-state index in [-0.39, 0.29) is 5.25 Å².